The fourth-order valence-electron chi connectivity index (χ4n) is 5.74. The van der Waals surface area contributed by atoms with E-state index in [9.17, 15) is 0 Å². The molecule has 0 aliphatic rings. The molecule has 7 aromatic carbocycles. The van der Waals surface area contributed by atoms with Crippen molar-refractivity contribution in [3.05, 3.63) is 146 Å². The topological polar surface area (TPSA) is 111 Å². The minimum absolute atomic E-state index is 0.0703. The van der Waals surface area contributed by atoms with E-state index in [1.165, 1.54) is 0 Å². The second-order valence-corrected chi connectivity index (χ2v) is 12.6. The predicted molar refractivity (Wildman–Crippen MR) is 225 cm³/mol. The summed E-state index contributed by atoms with van der Waals surface area (Å²) in [7, 11) is 9.53. The summed E-state index contributed by atoms with van der Waals surface area (Å²) in [6.45, 7) is 0. The molecule has 0 N–H and O–H groups in total. The lowest BCUT2D eigenvalue weighted by atomic mass is 10.2. The minimum atomic E-state index is 0.0703. The summed E-state index contributed by atoms with van der Waals surface area (Å²) in [5, 5.41) is 0. The molecule has 306 valence electrons. The molecule has 0 radical (unpaired) electrons. The molecular weight excluding hydrogens is 769 g/mol. The first kappa shape index (κ1) is 40.3. The summed E-state index contributed by atoms with van der Waals surface area (Å²) in [4.78, 5) is 0. The second kappa shape index (κ2) is 19.1. The first-order chi connectivity index (χ1) is 29.4. The van der Waals surface area contributed by atoms with Gasteiger partial charge in [-0.1, -0.05) is 0 Å². The fourth-order valence-corrected chi connectivity index (χ4v) is 5.74. The molecule has 12 nitrogen and oxygen atoms in total. The Morgan fingerprint density at radius 2 is 0.267 bits per heavy atom. The molecule has 60 heavy (non-hydrogen) atoms. The number of ether oxygens (including phenoxy) is 12. The van der Waals surface area contributed by atoms with Crippen LogP contribution >= 0.6 is 0 Å². The Labute approximate surface area is 347 Å². The monoisotopic (exact) mass is 810 g/mol. The summed E-state index contributed by atoms with van der Waals surface area (Å²) >= 11 is 0. The van der Waals surface area contributed by atoms with Gasteiger partial charge in [-0.15, -0.1) is 0 Å². The van der Waals surface area contributed by atoms with Crippen LogP contribution in [0.3, 0.4) is 0 Å². The van der Waals surface area contributed by atoms with Crippen molar-refractivity contribution in [2.24, 2.45) is 0 Å². The van der Waals surface area contributed by atoms with Crippen molar-refractivity contribution < 1.29 is 56.8 Å². The maximum atomic E-state index is 6.81. The molecule has 12 heteroatoms. The van der Waals surface area contributed by atoms with E-state index in [2.05, 4.69) is 0 Å². The summed E-state index contributed by atoms with van der Waals surface area (Å²) in [5.41, 5.74) is 0. The van der Waals surface area contributed by atoms with Gasteiger partial charge in [-0.2, -0.15) is 0 Å². The zero-order chi connectivity index (χ0) is 41.8. The van der Waals surface area contributed by atoms with Gasteiger partial charge in [0.15, 0.2) is 0 Å². The molecule has 0 aliphatic carbocycles. The predicted octanol–water partition coefficient (Wildman–Crippen LogP) is 12.5. The highest BCUT2D eigenvalue weighted by atomic mass is 16.6. The number of benzene rings is 7. The molecule has 0 unspecified atom stereocenters. The highest BCUT2D eigenvalue weighted by Gasteiger charge is 2.35. The first-order valence-corrected chi connectivity index (χ1v) is 18.6. The van der Waals surface area contributed by atoms with Gasteiger partial charge < -0.3 is 56.8 Å². The molecule has 0 saturated carbocycles. The van der Waals surface area contributed by atoms with Gasteiger partial charge in [0.2, 0.25) is 34.5 Å². The lowest BCUT2D eigenvalue weighted by Gasteiger charge is -2.25. The second-order valence-electron chi connectivity index (χ2n) is 12.6. The van der Waals surface area contributed by atoms with Crippen LogP contribution in [0.1, 0.15) is 0 Å². The van der Waals surface area contributed by atoms with Crippen LogP contribution in [0, 0.1) is 0 Å². The van der Waals surface area contributed by atoms with E-state index in [-0.39, 0.29) is 34.5 Å². The van der Waals surface area contributed by atoms with E-state index < -0.39 is 0 Å². The van der Waals surface area contributed by atoms with Gasteiger partial charge in [-0.05, 0) is 146 Å². The van der Waals surface area contributed by atoms with Crippen LogP contribution in [0.15, 0.2) is 146 Å². The van der Waals surface area contributed by atoms with Crippen molar-refractivity contribution in [3.63, 3.8) is 0 Å². The molecule has 0 spiro atoms. The van der Waals surface area contributed by atoms with Crippen LogP contribution < -0.4 is 56.8 Å². The van der Waals surface area contributed by atoms with E-state index in [0.29, 0.717) is 69.0 Å². The van der Waals surface area contributed by atoms with Crippen LogP contribution in [0.2, 0.25) is 0 Å². The van der Waals surface area contributed by atoms with Gasteiger partial charge in [-0.25, -0.2) is 0 Å². The highest BCUT2D eigenvalue weighted by Crippen LogP contribution is 2.63. The first-order valence-electron chi connectivity index (χ1n) is 18.6. The largest absolute Gasteiger partial charge is 0.497 e. The van der Waals surface area contributed by atoms with Crippen LogP contribution in [0.25, 0.3) is 0 Å². The van der Waals surface area contributed by atoms with Gasteiger partial charge in [0.05, 0.1) is 42.7 Å². The quantitative estimate of drug-likeness (QED) is 0.0822. The smallest absolute Gasteiger partial charge is 0.220 e. The van der Waals surface area contributed by atoms with Gasteiger partial charge in [0.1, 0.15) is 69.0 Å². The molecule has 7 rings (SSSR count). The average Bonchev–Trinajstić information content (AvgIpc) is 3.31. The third-order valence-corrected chi connectivity index (χ3v) is 8.91. The van der Waals surface area contributed by atoms with E-state index in [1.54, 1.807) is 188 Å². The molecule has 0 atom stereocenters. The van der Waals surface area contributed by atoms with E-state index in [0.717, 1.165) is 0 Å². The van der Waals surface area contributed by atoms with E-state index in [4.69, 9.17) is 56.8 Å². The summed E-state index contributed by atoms with van der Waals surface area (Å²) in [6, 6.07) is 42.3. The number of methoxy groups -OCH3 is 6. The molecule has 0 fully saturated rings. The maximum Gasteiger partial charge on any atom is 0.220 e. The van der Waals surface area contributed by atoms with Gasteiger partial charge in [-0.3, -0.25) is 0 Å². The SMILES string of the molecule is COc1ccc(Oc2c(Oc3ccc(OC)cc3)c(Oc3ccc(OC)cc3)c(Oc3ccc(OC)cc3)c(Oc3ccc(OC)cc3)c2Oc2ccc(OC)cc2)cc1. The standard InChI is InChI=1S/C48H42O12/c1-49-31-7-19-37(20-8-31)55-43-44(56-38-21-9-32(50-2)10-22-38)46(58-40-25-13-34(52-4)14-26-40)48(60-42-29-17-36(54-6)18-30-42)47(59-41-27-15-35(53-5)16-28-41)45(43)57-39-23-11-33(51-3)12-24-39/h7-30H,1-6H3. The van der Waals surface area contributed by atoms with Gasteiger partial charge >= 0.3 is 0 Å². The minimum Gasteiger partial charge on any atom is -0.497 e. The number of hydrogen-bond acceptors (Lipinski definition) is 12. The van der Waals surface area contributed by atoms with Crippen molar-refractivity contribution in [2.75, 3.05) is 42.7 Å². The Morgan fingerprint density at radius 1 is 0.167 bits per heavy atom. The Bertz CT molecular complexity index is 1980. The molecule has 0 amide bonds. The molecule has 0 heterocycles. The fraction of sp³-hybridized carbons (Fsp3) is 0.125. The average molecular weight is 811 g/mol. The van der Waals surface area contributed by atoms with Crippen molar-refractivity contribution in [3.8, 4) is 103 Å². The summed E-state index contributed by atoms with van der Waals surface area (Å²) < 4.78 is 73.6. The lowest BCUT2D eigenvalue weighted by molar-refractivity contribution is 0.325. The van der Waals surface area contributed by atoms with Crippen molar-refractivity contribution in [2.45, 2.75) is 0 Å². The van der Waals surface area contributed by atoms with E-state index in [1.807, 2.05) is 0 Å². The van der Waals surface area contributed by atoms with Crippen molar-refractivity contribution in [1.82, 2.24) is 0 Å². The molecule has 7 aromatic rings. The third-order valence-electron chi connectivity index (χ3n) is 8.91. The zero-order valence-electron chi connectivity index (χ0n) is 33.8. The Morgan fingerprint density at radius 3 is 0.367 bits per heavy atom. The zero-order valence-corrected chi connectivity index (χ0v) is 33.8. The van der Waals surface area contributed by atoms with Crippen LogP contribution in [0.5, 0.6) is 103 Å². The lowest BCUT2D eigenvalue weighted by Crippen LogP contribution is -2.03. The van der Waals surface area contributed by atoms with E-state index >= 15 is 0 Å². The molecule has 0 saturated heterocycles. The third kappa shape index (κ3) is 9.63. The van der Waals surface area contributed by atoms with Gasteiger partial charge in [0.25, 0.3) is 0 Å². The van der Waals surface area contributed by atoms with Crippen LogP contribution in [0.4, 0.5) is 0 Å². The van der Waals surface area contributed by atoms with Crippen molar-refractivity contribution >= 4 is 0 Å². The highest BCUT2D eigenvalue weighted by molar-refractivity contribution is 5.77. The van der Waals surface area contributed by atoms with Crippen LogP contribution in [-0.4, -0.2) is 42.7 Å². The number of hydrogen-bond donors (Lipinski definition) is 0. The maximum absolute atomic E-state index is 6.81. The normalized spacial score (nSPS) is 10.5. The van der Waals surface area contributed by atoms with Gasteiger partial charge in [0, 0.05) is 0 Å². The molecule has 0 aliphatic heterocycles. The Hall–Kier alpha value is -7.86. The molecule has 0 aromatic heterocycles. The Balaban J connectivity index is 1.56. The molecular formula is C48H42O12. The van der Waals surface area contributed by atoms with Crippen molar-refractivity contribution in [1.29, 1.82) is 0 Å². The molecule has 0 bridgehead atoms. The number of rotatable bonds is 18. The van der Waals surface area contributed by atoms with Crippen LogP contribution in [-0.2, 0) is 0 Å². The Kier molecular flexibility index (Phi) is 12.8. The summed E-state index contributed by atoms with van der Waals surface area (Å²) in [5.74, 6) is 6.63. The summed E-state index contributed by atoms with van der Waals surface area (Å²) in [6.07, 6.45) is 0.